The lowest BCUT2D eigenvalue weighted by Gasteiger charge is -2.18. The van der Waals surface area contributed by atoms with Gasteiger partial charge in [0.15, 0.2) is 12.5 Å². The van der Waals surface area contributed by atoms with E-state index in [9.17, 15) is 22.4 Å². The predicted octanol–water partition coefficient (Wildman–Crippen LogP) is 3.64. The Kier molecular flexibility index (Phi) is 5.48. The van der Waals surface area contributed by atoms with E-state index < -0.39 is 24.6 Å². The fraction of sp³-hybridized carbons (Fsp3) is 0.111. The van der Waals surface area contributed by atoms with Gasteiger partial charge in [0.05, 0.1) is 11.3 Å². The molecule has 0 saturated carbocycles. The van der Waals surface area contributed by atoms with Gasteiger partial charge in [0.2, 0.25) is 5.82 Å². The van der Waals surface area contributed by atoms with Crippen molar-refractivity contribution in [3.63, 3.8) is 0 Å². The quantitative estimate of drug-likeness (QED) is 0.513. The zero-order valence-electron chi connectivity index (χ0n) is 14.2. The van der Waals surface area contributed by atoms with Gasteiger partial charge in [-0.2, -0.15) is 13.2 Å². The second kappa shape index (κ2) is 7.99. The van der Waals surface area contributed by atoms with E-state index in [4.69, 9.17) is 0 Å². The first kappa shape index (κ1) is 19.2. The van der Waals surface area contributed by atoms with Gasteiger partial charge in [-0.05, 0) is 17.7 Å². The lowest BCUT2D eigenvalue weighted by atomic mass is 10.00. The third kappa shape index (κ3) is 4.22. The normalized spacial score (nSPS) is 11.1. The highest BCUT2D eigenvalue weighted by atomic mass is 19.4. The first-order valence-corrected chi connectivity index (χ1v) is 7.96. The molecule has 0 radical (unpaired) electrons. The topological polar surface area (TPSA) is 79.8 Å². The minimum Gasteiger partial charge on any atom is -0.281 e. The van der Waals surface area contributed by atoms with Crippen molar-refractivity contribution in [1.29, 1.82) is 0 Å². The summed E-state index contributed by atoms with van der Waals surface area (Å²) in [6, 6.07) is 11.4. The van der Waals surface area contributed by atoms with E-state index in [0.717, 1.165) is 0 Å². The molecule has 10 heteroatoms. The summed E-state index contributed by atoms with van der Waals surface area (Å²) < 4.78 is 52.5. The summed E-state index contributed by atoms with van der Waals surface area (Å²) in [5, 5.41) is 0. The molecule has 1 amide bonds. The summed E-state index contributed by atoms with van der Waals surface area (Å²) >= 11 is 0. The zero-order chi connectivity index (χ0) is 20.1. The van der Waals surface area contributed by atoms with Crippen LogP contribution < -0.4 is 10.9 Å². The maximum Gasteiger partial charge on any atom is 0.451 e. The average molecular weight is 391 g/mol. The molecule has 0 fully saturated rings. The maximum absolute atomic E-state index is 13.4. The van der Waals surface area contributed by atoms with E-state index in [-0.39, 0.29) is 17.1 Å². The van der Waals surface area contributed by atoms with Gasteiger partial charge in [-0.1, -0.05) is 30.3 Å². The van der Waals surface area contributed by atoms with Crippen molar-refractivity contribution in [1.82, 2.24) is 20.4 Å². The number of hydrogen-bond acceptors (Lipinski definition) is 5. The van der Waals surface area contributed by atoms with Gasteiger partial charge < -0.3 is 0 Å². The molecule has 2 N–H and O–H groups in total. The summed E-state index contributed by atoms with van der Waals surface area (Å²) in [4.78, 5) is 22.3. The van der Waals surface area contributed by atoms with Crippen LogP contribution in [0.1, 0.15) is 5.82 Å². The molecule has 144 valence electrons. The number of carbonyl (C=O) groups is 1. The molecule has 0 atom stereocenters. The molecule has 3 aromatic rings. The fourth-order valence-corrected chi connectivity index (χ4v) is 2.44. The van der Waals surface area contributed by atoms with Crippen LogP contribution in [0, 0.1) is 0 Å². The van der Waals surface area contributed by atoms with Crippen LogP contribution in [-0.4, -0.2) is 27.5 Å². The average Bonchev–Trinajstić information content (AvgIpc) is 2.71. The van der Waals surface area contributed by atoms with E-state index in [1.807, 2.05) is 5.43 Å². The van der Waals surface area contributed by atoms with Crippen molar-refractivity contribution in [3.8, 4) is 22.4 Å². The van der Waals surface area contributed by atoms with Crippen molar-refractivity contribution in [3.05, 3.63) is 60.7 Å². The molecule has 0 aliphatic heterocycles. The van der Waals surface area contributed by atoms with Crippen molar-refractivity contribution in [2.45, 2.75) is 6.18 Å². The largest absolute Gasteiger partial charge is 0.451 e. The third-order valence-corrected chi connectivity index (χ3v) is 3.62. The van der Waals surface area contributed by atoms with E-state index in [1.54, 1.807) is 30.3 Å². The number of benzene rings is 1. The molecule has 2 heterocycles. The van der Waals surface area contributed by atoms with Crippen LogP contribution in [0.2, 0.25) is 0 Å². The lowest BCUT2D eigenvalue weighted by Crippen LogP contribution is -2.32. The monoisotopic (exact) mass is 391 g/mol. The molecule has 0 saturated heterocycles. The Morgan fingerprint density at radius 1 is 0.964 bits per heavy atom. The first-order valence-electron chi connectivity index (χ1n) is 7.96. The minimum atomic E-state index is -4.84. The number of alkyl halides is 4. The molecular weight excluding hydrogens is 378 g/mol. The molecule has 0 aliphatic rings. The summed E-state index contributed by atoms with van der Waals surface area (Å²) in [6.07, 6.45) is -2.01. The van der Waals surface area contributed by atoms with Crippen LogP contribution in [0.5, 0.6) is 0 Å². The standard InChI is InChI=1S/C18H13F4N5O/c19-10-13(28)26-27-16-14(11-4-2-1-3-5-11)15(12-6-8-23-9-7-12)24-17(25-16)18(20,21)22/h1-9H,10H2,(H,26,28)(H,24,25,27). The Morgan fingerprint density at radius 2 is 1.64 bits per heavy atom. The van der Waals surface area contributed by atoms with Crippen molar-refractivity contribution in [2.24, 2.45) is 0 Å². The molecule has 3 rings (SSSR count). The zero-order valence-corrected chi connectivity index (χ0v) is 14.2. The van der Waals surface area contributed by atoms with Crippen molar-refractivity contribution in [2.75, 3.05) is 12.1 Å². The van der Waals surface area contributed by atoms with Gasteiger partial charge in [-0.15, -0.1) is 0 Å². The van der Waals surface area contributed by atoms with E-state index in [2.05, 4.69) is 20.4 Å². The molecule has 0 aliphatic carbocycles. The number of aromatic nitrogens is 3. The van der Waals surface area contributed by atoms with Crippen molar-refractivity contribution >= 4 is 11.7 Å². The van der Waals surface area contributed by atoms with Crippen molar-refractivity contribution < 1.29 is 22.4 Å². The Balaban J connectivity index is 2.27. The molecule has 28 heavy (non-hydrogen) atoms. The Morgan fingerprint density at radius 3 is 2.25 bits per heavy atom. The van der Waals surface area contributed by atoms with Crippen LogP contribution in [0.25, 0.3) is 22.4 Å². The van der Waals surface area contributed by atoms with Gasteiger partial charge >= 0.3 is 6.18 Å². The van der Waals surface area contributed by atoms with E-state index in [0.29, 0.717) is 11.1 Å². The molecule has 2 aromatic heterocycles. The van der Waals surface area contributed by atoms with Crippen LogP contribution in [0.4, 0.5) is 23.4 Å². The number of rotatable bonds is 5. The maximum atomic E-state index is 13.4. The van der Waals surface area contributed by atoms with Gasteiger partial charge in [-0.3, -0.25) is 20.6 Å². The Hall–Kier alpha value is -3.56. The fourth-order valence-electron chi connectivity index (χ4n) is 2.44. The Bertz CT molecular complexity index is 965. The lowest BCUT2D eigenvalue weighted by molar-refractivity contribution is -0.144. The summed E-state index contributed by atoms with van der Waals surface area (Å²) in [7, 11) is 0. The highest BCUT2D eigenvalue weighted by Crippen LogP contribution is 2.38. The highest BCUT2D eigenvalue weighted by Gasteiger charge is 2.37. The SMILES string of the molecule is O=C(CF)NNc1nc(C(F)(F)F)nc(-c2ccncc2)c1-c1ccccc1. The number of amides is 1. The van der Waals surface area contributed by atoms with Crippen LogP contribution in [0.3, 0.4) is 0 Å². The van der Waals surface area contributed by atoms with Gasteiger partial charge in [0, 0.05) is 18.0 Å². The molecule has 0 unspecified atom stereocenters. The number of pyridine rings is 1. The molecule has 1 aromatic carbocycles. The van der Waals surface area contributed by atoms with Crippen LogP contribution in [-0.2, 0) is 11.0 Å². The number of nitrogens with zero attached hydrogens (tertiary/aromatic N) is 3. The second-order valence-electron chi connectivity index (χ2n) is 5.53. The summed E-state index contributed by atoms with van der Waals surface area (Å²) in [5.41, 5.74) is 5.31. The third-order valence-electron chi connectivity index (χ3n) is 3.62. The second-order valence-corrected chi connectivity index (χ2v) is 5.53. The van der Waals surface area contributed by atoms with Gasteiger partial charge in [0.25, 0.3) is 5.91 Å². The molecular formula is C18H13F4N5O. The molecule has 6 nitrogen and oxygen atoms in total. The smallest absolute Gasteiger partial charge is 0.281 e. The predicted molar refractivity (Wildman–Crippen MR) is 93.4 cm³/mol. The Labute approximate surface area is 156 Å². The van der Waals surface area contributed by atoms with Crippen LogP contribution in [0.15, 0.2) is 54.9 Å². The number of nitrogens with one attached hydrogen (secondary N) is 2. The number of anilines is 1. The minimum absolute atomic E-state index is 0.0204. The summed E-state index contributed by atoms with van der Waals surface area (Å²) in [6.45, 7) is -1.35. The number of halogens is 4. The van der Waals surface area contributed by atoms with E-state index >= 15 is 0 Å². The molecule has 0 spiro atoms. The number of carbonyl (C=O) groups excluding carboxylic acids is 1. The van der Waals surface area contributed by atoms with E-state index in [1.165, 1.54) is 24.5 Å². The first-order chi connectivity index (χ1) is 13.4. The van der Waals surface area contributed by atoms with Crippen LogP contribution >= 0.6 is 0 Å². The number of hydrazine groups is 1. The summed E-state index contributed by atoms with van der Waals surface area (Å²) in [5.74, 6) is -2.78. The molecule has 0 bridgehead atoms. The van der Waals surface area contributed by atoms with Gasteiger partial charge in [-0.25, -0.2) is 14.4 Å². The highest BCUT2D eigenvalue weighted by molar-refractivity contribution is 5.89. The van der Waals surface area contributed by atoms with Gasteiger partial charge in [0.1, 0.15) is 0 Å². The number of hydrogen-bond donors (Lipinski definition) is 2.